The lowest BCUT2D eigenvalue weighted by atomic mass is 10.1. The predicted molar refractivity (Wildman–Crippen MR) is 77.3 cm³/mol. The van der Waals surface area contributed by atoms with E-state index in [0.29, 0.717) is 0 Å². The molecule has 0 atom stereocenters. The molecular formula is C15H21N3O. The monoisotopic (exact) mass is 259 g/mol. The number of rotatable bonds is 6. The van der Waals surface area contributed by atoms with Crippen molar-refractivity contribution < 1.29 is 4.74 Å². The molecule has 0 aliphatic carbocycles. The summed E-state index contributed by atoms with van der Waals surface area (Å²) in [6, 6.07) is 6.38. The largest absolute Gasteiger partial charge is 0.496 e. The van der Waals surface area contributed by atoms with Gasteiger partial charge in [0.05, 0.1) is 19.0 Å². The molecule has 1 aromatic carbocycles. The molecule has 1 heterocycles. The molecule has 2 rings (SSSR count). The van der Waals surface area contributed by atoms with Gasteiger partial charge in [0.1, 0.15) is 5.75 Å². The summed E-state index contributed by atoms with van der Waals surface area (Å²) >= 11 is 0. The first-order valence-corrected chi connectivity index (χ1v) is 6.60. The van der Waals surface area contributed by atoms with Crippen molar-refractivity contribution in [2.45, 2.75) is 32.7 Å². The van der Waals surface area contributed by atoms with Gasteiger partial charge in [-0.2, -0.15) is 5.10 Å². The first kappa shape index (κ1) is 13.5. The van der Waals surface area contributed by atoms with E-state index < -0.39 is 0 Å². The van der Waals surface area contributed by atoms with Crippen LogP contribution in [0.2, 0.25) is 0 Å². The lowest BCUT2D eigenvalue weighted by molar-refractivity contribution is 0.411. The quantitative estimate of drug-likeness (QED) is 0.812. The number of hydrogen-bond donors (Lipinski definition) is 1. The predicted octanol–water partition coefficient (Wildman–Crippen LogP) is 2.81. The lowest BCUT2D eigenvalue weighted by Gasteiger charge is -2.07. The molecule has 4 heteroatoms. The Kier molecular flexibility index (Phi) is 4.44. The molecule has 0 spiro atoms. The fourth-order valence-electron chi connectivity index (χ4n) is 2.20. The molecule has 102 valence electrons. The highest BCUT2D eigenvalue weighted by Gasteiger charge is 2.00. The minimum atomic E-state index is 0.728. The van der Waals surface area contributed by atoms with Crippen LogP contribution in [0.1, 0.15) is 24.0 Å². The van der Waals surface area contributed by atoms with E-state index in [2.05, 4.69) is 24.2 Å². The van der Waals surface area contributed by atoms with E-state index in [1.54, 1.807) is 13.3 Å². The Balaban J connectivity index is 1.78. The average Bonchev–Trinajstić information content (AvgIpc) is 2.81. The van der Waals surface area contributed by atoms with E-state index in [-0.39, 0.29) is 0 Å². The maximum absolute atomic E-state index is 5.62. The fourth-order valence-corrected chi connectivity index (χ4v) is 2.20. The molecule has 0 amide bonds. The van der Waals surface area contributed by atoms with Gasteiger partial charge in [-0.25, -0.2) is 0 Å². The number of nitrogens with zero attached hydrogens (tertiary/aromatic N) is 2. The van der Waals surface area contributed by atoms with Crippen molar-refractivity contribution in [3.8, 4) is 5.75 Å². The lowest BCUT2D eigenvalue weighted by Crippen LogP contribution is -1.99. The molecule has 0 saturated heterocycles. The smallest absolute Gasteiger partial charge is 0.121 e. The maximum atomic E-state index is 5.62. The number of methoxy groups -OCH3 is 1. The SMILES string of the molecule is COc1ccc(CCCCn2cc(N)cn2)cc1C. The molecule has 19 heavy (non-hydrogen) atoms. The molecule has 0 unspecified atom stereocenters. The second-order valence-electron chi connectivity index (χ2n) is 4.80. The number of unbranched alkanes of at least 4 members (excludes halogenated alkanes) is 1. The van der Waals surface area contributed by atoms with Gasteiger partial charge in [-0.1, -0.05) is 12.1 Å². The number of anilines is 1. The van der Waals surface area contributed by atoms with Crippen molar-refractivity contribution in [3.63, 3.8) is 0 Å². The molecule has 0 saturated carbocycles. The van der Waals surface area contributed by atoms with Crippen LogP contribution in [0.15, 0.2) is 30.6 Å². The number of hydrogen-bond acceptors (Lipinski definition) is 3. The first-order valence-electron chi connectivity index (χ1n) is 6.60. The minimum absolute atomic E-state index is 0.728. The van der Waals surface area contributed by atoms with Crippen LogP contribution < -0.4 is 10.5 Å². The number of benzene rings is 1. The zero-order chi connectivity index (χ0) is 13.7. The van der Waals surface area contributed by atoms with Crippen LogP contribution in [-0.4, -0.2) is 16.9 Å². The summed E-state index contributed by atoms with van der Waals surface area (Å²) in [5.41, 5.74) is 8.90. The summed E-state index contributed by atoms with van der Waals surface area (Å²) in [4.78, 5) is 0. The van der Waals surface area contributed by atoms with Crippen LogP contribution in [-0.2, 0) is 13.0 Å². The third-order valence-electron chi connectivity index (χ3n) is 3.22. The standard InChI is InChI=1S/C15H21N3O/c1-12-9-13(6-7-15(12)19-2)5-3-4-8-18-11-14(16)10-17-18/h6-7,9-11H,3-5,8,16H2,1-2H3. The van der Waals surface area contributed by atoms with Crippen molar-refractivity contribution in [2.75, 3.05) is 12.8 Å². The van der Waals surface area contributed by atoms with Crippen molar-refractivity contribution in [3.05, 3.63) is 41.7 Å². The van der Waals surface area contributed by atoms with Gasteiger partial charge in [-0.3, -0.25) is 4.68 Å². The van der Waals surface area contributed by atoms with Gasteiger partial charge in [-0.05, 0) is 43.4 Å². The van der Waals surface area contributed by atoms with E-state index >= 15 is 0 Å². The summed E-state index contributed by atoms with van der Waals surface area (Å²) in [6.45, 7) is 3.00. The van der Waals surface area contributed by atoms with Gasteiger partial charge >= 0.3 is 0 Å². The van der Waals surface area contributed by atoms with Crippen molar-refractivity contribution in [1.29, 1.82) is 0 Å². The molecule has 1 aromatic heterocycles. The van der Waals surface area contributed by atoms with Crippen molar-refractivity contribution in [2.24, 2.45) is 0 Å². The number of nitrogens with two attached hydrogens (primary N) is 1. The summed E-state index contributed by atoms with van der Waals surface area (Å²) in [6.07, 6.45) is 6.89. The zero-order valence-corrected chi connectivity index (χ0v) is 11.6. The molecule has 2 N–H and O–H groups in total. The highest BCUT2D eigenvalue weighted by atomic mass is 16.5. The van der Waals surface area contributed by atoms with Gasteiger partial charge in [0, 0.05) is 12.7 Å². The Labute approximate surface area is 114 Å². The third kappa shape index (κ3) is 3.74. The number of aryl methyl sites for hydroxylation is 3. The molecule has 0 radical (unpaired) electrons. The van der Waals surface area contributed by atoms with Crippen LogP contribution in [0.5, 0.6) is 5.75 Å². The zero-order valence-electron chi connectivity index (χ0n) is 11.6. The first-order chi connectivity index (χ1) is 9.19. The molecule has 0 fully saturated rings. The summed E-state index contributed by atoms with van der Waals surface area (Å²) in [5.74, 6) is 0.954. The summed E-state index contributed by atoms with van der Waals surface area (Å²) in [7, 11) is 1.71. The number of nitrogen functional groups attached to an aromatic ring is 1. The molecule has 2 aromatic rings. The highest BCUT2D eigenvalue weighted by Crippen LogP contribution is 2.19. The summed E-state index contributed by atoms with van der Waals surface area (Å²) in [5, 5.41) is 4.17. The molecule has 4 nitrogen and oxygen atoms in total. The van der Waals surface area contributed by atoms with Crippen LogP contribution in [0.25, 0.3) is 0 Å². The third-order valence-corrected chi connectivity index (χ3v) is 3.22. The maximum Gasteiger partial charge on any atom is 0.121 e. The van der Waals surface area contributed by atoms with Crippen LogP contribution >= 0.6 is 0 Å². The Morgan fingerprint density at radius 1 is 1.32 bits per heavy atom. The molecule has 0 aliphatic heterocycles. The Morgan fingerprint density at radius 3 is 2.79 bits per heavy atom. The van der Waals surface area contributed by atoms with Gasteiger partial charge in [-0.15, -0.1) is 0 Å². The van der Waals surface area contributed by atoms with E-state index in [1.165, 1.54) is 11.1 Å². The van der Waals surface area contributed by atoms with Crippen LogP contribution in [0, 0.1) is 6.92 Å². The van der Waals surface area contributed by atoms with Gasteiger partial charge in [0.2, 0.25) is 0 Å². The average molecular weight is 259 g/mol. The second kappa shape index (κ2) is 6.27. The number of ether oxygens (including phenoxy) is 1. The minimum Gasteiger partial charge on any atom is -0.496 e. The van der Waals surface area contributed by atoms with Crippen molar-refractivity contribution >= 4 is 5.69 Å². The number of aromatic nitrogens is 2. The Hall–Kier alpha value is -1.97. The van der Waals surface area contributed by atoms with Crippen molar-refractivity contribution in [1.82, 2.24) is 9.78 Å². The Bertz CT molecular complexity index is 534. The Morgan fingerprint density at radius 2 is 2.16 bits per heavy atom. The molecule has 0 bridgehead atoms. The molecule has 0 aliphatic rings. The second-order valence-corrected chi connectivity index (χ2v) is 4.80. The summed E-state index contributed by atoms with van der Waals surface area (Å²) < 4.78 is 7.16. The van der Waals surface area contributed by atoms with Gasteiger partial charge in [0.15, 0.2) is 0 Å². The van der Waals surface area contributed by atoms with E-state index in [0.717, 1.165) is 37.2 Å². The topological polar surface area (TPSA) is 53.1 Å². The van der Waals surface area contributed by atoms with Crippen LogP contribution in [0.3, 0.4) is 0 Å². The van der Waals surface area contributed by atoms with Gasteiger partial charge < -0.3 is 10.5 Å². The van der Waals surface area contributed by atoms with Gasteiger partial charge in [0.25, 0.3) is 0 Å². The highest BCUT2D eigenvalue weighted by molar-refractivity contribution is 5.36. The fraction of sp³-hybridized carbons (Fsp3) is 0.400. The molecular weight excluding hydrogens is 238 g/mol. The van der Waals surface area contributed by atoms with Crippen LogP contribution in [0.4, 0.5) is 5.69 Å². The van der Waals surface area contributed by atoms with E-state index in [4.69, 9.17) is 10.5 Å². The van der Waals surface area contributed by atoms with E-state index in [1.807, 2.05) is 16.9 Å². The van der Waals surface area contributed by atoms with E-state index in [9.17, 15) is 0 Å². The normalized spacial score (nSPS) is 10.6.